The fraction of sp³-hybridized carbons (Fsp3) is 0.0667. The molecule has 5 aromatic rings. The number of aryl methyl sites for hydroxylation is 2. The van der Waals surface area contributed by atoms with E-state index in [0.29, 0.717) is 17.1 Å². The Hall–Kier alpha value is -4.13. The maximum atomic E-state index is 11.7. The first kappa shape index (κ1) is 30.8. The van der Waals surface area contributed by atoms with Crippen LogP contribution >= 0.6 is 0 Å². The molecule has 0 amide bonds. The Morgan fingerprint density at radius 3 is 1.79 bits per heavy atom. The number of nitrogens with zero attached hydrogens (tertiary/aromatic N) is 4. The zero-order chi connectivity index (χ0) is 29.3. The number of phenolic OH excluding ortho intramolecular Hbond substituents is 1. The number of nitrogen functional groups attached to an aromatic ring is 1. The Balaban J connectivity index is 0.00000405. The summed E-state index contributed by atoms with van der Waals surface area (Å²) < 4.78 is 33.0. The Labute approximate surface area is 264 Å². The van der Waals surface area contributed by atoms with Gasteiger partial charge in [0, 0.05) is 11.1 Å². The summed E-state index contributed by atoms with van der Waals surface area (Å²) in [6.07, 6.45) is 0. The van der Waals surface area contributed by atoms with Gasteiger partial charge in [-0.25, -0.2) is 0 Å². The molecule has 5 rings (SSSR count). The molecule has 0 saturated heterocycles. The van der Waals surface area contributed by atoms with E-state index in [9.17, 15) is 23.2 Å². The third-order valence-corrected chi connectivity index (χ3v) is 7.42. The van der Waals surface area contributed by atoms with E-state index in [0.717, 1.165) is 22.3 Å². The van der Waals surface area contributed by atoms with Gasteiger partial charge in [-0.15, -0.1) is 10.9 Å². The van der Waals surface area contributed by atoms with Crippen LogP contribution < -0.4 is 40.4 Å². The van der Waals surface area contributed by atoms with Gasteiger partial charge in [-0.05, 0) is 90.7 Å². The van der Waals surface area contributed by atoms with E-state index in [1.54, 1.807) is 18.2 Å². The van der Waals surface area contributed by atoms with Crippen LogP contribution in [0.2, 0.25) is 0 Å². The third kappa shape index (κ3) is 6.51. The summed E-state index contributed by atoms with van der Waals surface area (Å²) in [5.74, 6) is -0.431. The van der Waals surface area contributed by atoms with E-state index in [4.69, 9.17) is 5.73 Å². The molecule has 0 aliphatic heterocycles. The topological polar surface area (TPSA) is 173 Å². The molecule has 42 heavy (non-hydrogen) atoms. The molecule has 0 spiro atoms. The summed E-state index contributed by atoms with van der Waals surface area (Å²) in [4.78, 5) is -0.367. The number of anilines is 1. The number of hydrogen-bond acceptors (Lipinski definition) is 9. The largest absolute Gasteiger partial charge is 1.00 e. The maximum absolute atomic E-state index is 11.7. The molecular formula is C30H24N5NaO5S. The molecule has 12 heteroatoms. The molecule has 0 atom stereocenters. The van der Waals surface area contributed by atoms with Crippen molar-refractivity contribution in [3.8, 4) is 22.6 Å². The Kier molecular flexibility index (Phi) is 9.09. The molecule has 0 saturated carbocycles. The SMILES string of the molecule is Cc1cc(-c2ccc(N=Nc3ccc4c(S(=O)(=O)O)ccc(N)c4c3O)c(C)c2)ccc1N=Nc1ccc([O-])cc1.[Na+]. The first-order chi connectivity index (χ1) is 19.5. The van der Waals surface area contributed by atoms with Crippen LogP contribution in [-0.2, 0) is 10.1 Å². The molecule has 0 aliphatic carbocycles. The molecule has 10 nitrogen and oxygen atoms in total. The smallest absolute Gasteiger partial charge is 0.872 e. The second-order valence-electron chi connectivity index (χ2n) is 9.38. The monoisotopic (exact) mass is 589 g/mol. The van der Waals surface area contributed by atoms with Crippen LogP contribution in [0.4, 0.5) is 28.4 Å². The summed E-state index contributed by atoms with van der Waals surface area (Å²) in [5.41, 5.74) is 11.8. The van der Waals surface area contributed by atoms with Gasteiger partial charge in [0.15, 0.2) is 5.75 Å². The van der Waals surface area contributed by atoms with Gasteiger partial charge in [0.25, 0.3) is 10.1 Å². The van der Waals surface area contributed by atoms with Crippen LogP contribution in [0, 0.1) is 13.8 Å². The average Bonchev–Trinajstić information content (AvgIpc) is 2.93. The molecular weight excluding hydrogens is 565 g/mol. The van der Waals surface area contributed by atoms with E-state index in [1.165, 1.54) is 36.4 Å². The van der Waals surface area contributed by atoms with Gasteiger partial charge in [0.05, 0.1) is 22.4 Å². The minimum Gasteiger partial charge on any atom is -0.872 e. The van der Waals surface area contributed by atoms with Gasteiger partial charge in [0.1, 0.15) is 10.6 Å². The van der Waals surface area contributed by atoms with E-state index in [2.05, 4.69) is 20.5 Å². The Bertz CT molecular complexity index is 1980. The fourth-order valence-corrected chi connectivity index (χ4v) is 5.04. The van der Waals surface area contributed by atoms with Crippen LogP contribution in [-0.4, -0.2) is 18.1 Å². The predicted molar refractivity (Wildman–Crippen MR) is 155 cm³/mol. The van der Waals surface area contributed by atoms with Gasteiger partial charge in [-0.2, -0.15) is 23.8 Å². The fourth-order valence-electron chi connectivity index (χ4n) is 4.35. The van der Waals surface area contributed by atoms with Crippen molar-refractivity contribution < 1.29 is 52.7 Å². The number of rotatable bonds is 6. The number of phenols is 1. The molecule has 0 aliphatic rings. The number of nitrogens with two attached hydrogens (primary N) is 1. The van der Waals surface area contributed by atoms with Crippen molar-refractivity contribution in [2.75, 3.05) is 5.73 Å². The summed E-state index contributed by atoms with van der Waals surface area (Å²) in [6, 6.07) is 22.9. The summed E-state index contributed by atoms with van der Waals surface area (Å²) >= 11 is 0. The van der Waals surface area contributed by atoms with Crippen molar-refractivity contribution in [2.24, 2.45) is 20.5 Å². The zero-order valence-corrected chi connectivity index (χ0v) is 25.8. The Morgan fingerprint density at radius 1 is 0.714 bits per heavy atom. The number of azo groups is 2. The van der Waals surface area contributed by atoms with E-state index in [-0.39, 0.29) is 68.1 Å². The third-order valence-electron chi connectivity index (χ3n) is 6.51. The quantitative estimate of drug-likeness (QED) is 0.113. The molecule has 0 bridgehead atoms. The number of benzene rings is 5. The molecule has 206 valence electrons. The second kappa shape index (κ2) is 12.4. The van der Waals surface area contributed by atoms with Crippen molar-refractivity contribution in [1.82, 2.24) is 0 Å². The van der Waals surface area contributed by atoms with Gasteiger partial charge >= 0.3 is 29.6 Å². The van der Waals surface area contributed by atoms with Gasteiger partial charge in [-0.3, -0.25) is 4.55 Å². The summed E-state index contributed by atoms with van der Waals surface area (Å²) in [5, 5.41) is 39.1. The summed E-state index contributed by atoms with van der Waals surface area (Å²) in [7, 11) is -4.52. The average molecular weight is 590 g/mol. The van der Waals surface area contributed by atoms with Gasteiger partial charge < -0.3 is 15.9 Å². The molecule has 0 heterocycles. The van der Waals surface area contributed by atoms with Crippen molar-refractivity contribution in [1.29, 1.82) is 0 Å². The molecule has 4 N–H and O–H groups in total. The zero-order valence-electron chi connectivity index (χ0n) is 23.0. The molecule has 0 aromatic heterocycles. The predicted octanol–water partition coefficient (Wildman–Crippen LogP) is 4.57. The van der Waals surface area contributed by atoms with Gasteiger partial charge in [0.2, 0.25) is 0 Å². The van der Waals surface area contributed by atoms with Crippen molar-refractivity contribution >= 4 is 49.3 Å². The molecule has 0 radical (unpaired) electrons. The molecule has 0 unspecified atom stereocenters. The van der Waals surface area contributed by atoms with E-state index < -0.39 is 10.1 Å². The number of hydrogen-bond donors (Lipinski definition) is 3. The van der Waals surface area contributed by atoms with Crippen molar-refractivity contribution in [2.45, 2.75) is 18.7 Å². The van der Waals surface area contributed by atoms with E-state index in [1.807, 2.05) is 44.2 Å². The van der Waals surface area contributed by atoms with Crippen LogP contribution in [0.3, 0.4) is 0 Å². The van der Waals surface area contributed by atoms with Crippen LogP contribution in [0.15, 0.2) is 110 Å². The summed E-state index contributed by atoms with van der Waals surface area (Å²) in [6.45, 7) is 3.83. The number of fused-ring (bicyclic) bond motifs is 1. The molecule has 5 aromatic carbocycles. The van der Waals surface area contributed by atoms with Crippen molar-refractivity contribution in [3.05, 3.63) is 96.1 Å². The minimum absolute atomic E-state index is 0. The standard InChI is InChI=1S/C30H25N5O5S.Na/c1-17-15-19(3-11-25(17)33-32-21-5-7-22(36)8-6-21)20-4-12-26(18(2)16-20)34-35-27-13-9-23-28(41(38,39)40)14-10-24(31)29(23)30(27)37;/h3-16,36-37H,31H2,1-2H3,(H,38,39,40);/q;+1/p-1. The molecule has 0 fully saturated rings. The van der Waals surface area contributed by atoms with E-state index >= 15 is 0 Å². The van der Waals surface area contributed by atoms with Crippen LogP contribution in [0.1, 0.15) is 11.1 Å². The van der Waals surface area contributed by atoms with Gasteiger partial charge in [-0.1, -0.05) is 30.3 Å². The maximum Gasteiger partial charge on any atom is 1.00 e. The first-order valence-corrected chi connectivity index (χ1v) is 13.8. The van der Waals surface area contributed by atoms with Crippen LogP contribution in [0.25, 0.3) is 21.9 Å². The normalized spacial score (nSPS) is 11.8. The first-order valence-electron chi connectivity index (χ1n) is 12.3. The minimum atomic E-state index is -4.52. The number of aromatic hydroxyl groups is 1. The second-order valence-corrected chi connectivity index (χ2v) is 10.8. The van der Waals surface area contributed by atoms with Crippen LogP contribution in [0.5, 0.6) is 11.5 Å². The Morgan fingerprint density at radius 2 is 1.24 bits per heavy atom. The van der Waals surface area contributed by atoms with Crippen molar-refractivity contribution in [3.63, 3.8) is 0 Å².